The highest BCUT2D eigenvalue weighted by molar-refractivity contribution is 9.10. The van der Waals surface area contributed by atoms with Crippen LogP contribution in [0.15, 0.2) is 28.7 Å². The van der Waals surface area contributed by atoms with Crippen molar-refractivity contribution < 1.29 is 4.21 Å². The lowest BCUT2D eigenvalue weighted by atomic mass is 10.1. The second-order valence-electron chi connectivity index (χ2n) is 4.15. The van der Waals surface area contributed by atoms with E-state index in [0.717, 1.165) is 22.4 Å². The van der Waals surface area contributed by atoms with Crippen molar-refractivity contribution >= 4 is 26.7 Å². The number of nitrogens with one attached hydrogen (secondary N) is 1. The molecule has 16 heavy (non-hydrogen) atoms. The van der Waals surface area contributed by atoms with Gasteiger partial charge in [0.2, 0.25) is 0 Å². The number of halogens is 1. The number of hydrogen-bond donors (Lipinski definition) is 1. The molecule has 0 radical (unpaired) electrons. The van der Waals surface area contributed by atoms with Crippen LogP contribution in [-0.2, 0) is 10.8 Å². The summed E-state index contributed by atoms with van der Waals surface area (Å²) >= 11 is 3.47. The van der Waals surface area contributed by atoms with E-state index in [4.69, 9.17) is 0 Å². The summed E-state index contributed by atoms with van der Waals surface area (Å²) < 4.78 is 12.8. The van der Waals surface area contributed by atoms with Crippen molar-refractivity contribution in [2.24, 2.45) is 0 Å². The Balaban J connectivity index is 2.17. The van der Waals surface area contributed by atoms with Gasteiger partial charge in [0.15, 0.2) is 0 Å². The zero-order valence-corrected chi connectivity index (χ0v) is 11.7. The fraction of sp³-hybridized carbons (Fsp3) is 0.500. The van der Waals surface area contributed by atoms with Crippen molar-refractivity contribution in [3.05, 3.63) is 34.3 Å². The van der Waals surface area contributed by atoms with Crippen LogP contribution in [0.5, 0.6) is 0 Å². The smallest absolute Gasteiger partial charge is 0.0439 e. The maximum absolute atomic E-state index is 11.8. The predicted molar refractivity (Wildman–Crippen MR) is 72.0 cm³/mol. The van der Waals surface area contributed by atoms with Gasteiger partial charge in [-0.2, -0.15) is 0 Å². The number of benzene rings is 1. The van der Waals surface area contributed by atoms with Crippen LogP contribution < -0.4 is 5.32 Å². The lowest BCUT2D eigenvalue weighted by molar-refractivity contribution is 0.456. The molecule has 4 heteroatoms. The first-order valence-corrected chi connectivity index (χ1v) is 7.83. The molecule has 1 aliphatic heterocycles. The fourth-order valence-corrected chi connectivity index (χ4v) is 4.00. The van der Waals surface area contributed by atoms with Crippen LogP contribution in [0.4, 0.5) is 0 Å². The maximum atomic E-state index is 11.8. The lowest BCUT2D eigenvalue weighted by Crippen LogP contribution is -2.44. The minimum Gasteiger partial charge on any atom is -0.305 e. The average molecular weight is 302 g/mol. The van der Waals surface area contributed by atoms with Crippen molar-refractivity contribution in [2.45, 2.75) is 25.4 Å². The molecule has 1 aromatic carbocycles. The van der Waals surface area contributed by atoms with Gasteiger partial charge in [-0.25, -0.2) is 0 Å². The highest BCUT2D eigenvalue weighted by atomic mass is 79.9. The fourth-order valence-electron chi connectivity index (χ4n) is 2.01. The first kappa shape index (κ1) is 12.3. The Morgan fingerprint density at radius 3 is 3.00 bits per heavy atom. The minimum atomic E-state index is -0.685. The Labute approximate surface area is 107 Å². The minimum absolute atomic E-state index is 0.233. The van der Waals surface area contributed by atoms with Crippen LogP contribution in [0.3, 0.4) is 0 Å². The molecule has 88 valence electrons. The van der Waals surface area contributed by atoms with Crippen LogP contribution in [0.25, 0.3) is 0 Å². The molecular weight excluding hydrogens is 286 g/mol. The molecule has 0 saturated carbocycles. The molecule has 0 spiro atoms. The molecule has 0 aliphatic carbocycles. The maximum Gasteiger partial charge on any atom is 0.0439 e. The Kier molecular flexibility index (Phi) is 4.16. The SMILES string of the molecule is CCC1CS(=O)CC(c2cccc(Br)c2)N1. The second kappa shape index (κ2) is 5.43. The van der Waals surface area contributed by atoms with Gasteiger partial charge in [0.1, 0.15) is 0 Å². The molecule has 2 nitrogen and oxygen atoms in total. The Bertz CT molecular complexity index is 396. The normalized spacial score (nSPS) is 30.2. The van der Waals surface area contributed by atoms with Crippen LogP contribution in [0, 0.1) is 0 Å². The van der Waals surface area contributed by atoms with Gasteiger partial charge in [0.05, 0.1) is 0 Å². The van der Waals surface area contributed by atoms with Gasteiger partial charge < -0.3 is 5.32 Å². The van der Waals surface area contributed by atoms with Crippen LogP contribution >= 0.6 is 15.9 Å². The summed E-state index contributed by atoms with van der Waals surface area (Å²) in [6.07, 6.45) is 1.04. The topological polar surface area (TPSA) is 29.1 Å². The van der Waals surface area contributed by atoms with E-state index in [-0.39, 0.29) is 6.04 Å². The Morgan fingerprint density at radius 1 is 1.50 bits per heavy atom. The van der Waals surface area contributed by atoms with Gasteiger partial charge in [0, 0.05) is 38.9 Å². The van der Waals surface area contributed by atoms with E-state index >= 15 is 0 Å². The molecule has 1 N–H and O–H groups in total. The van der Waals surface area contributed by atoms with E-state index in [1.54, 1.807) is 0 Å². The first-order valence-electron chi connectivity index (χ1n) is 5.55. The summed E-state index contributed by atoms with van der Waals surface area (Å²) in [4.78, 5) is 0. The number of hydrogen-bond acceptors (Lipinski definition) is 2. The third-order valence-corrected chi connectivity index (χ3v) is 4.89. The van der Waals surface area contributed by atoms with E-state index in [1.165, 1.54) is 5.56 Å². The molecule has 0 aromatic heterocycles. The van der Waals surface area contributed by atoms with Crippen LogP contribution in [-0.4, -0.2) is 21.8 Å². The van der Waals surface area contributed by atoms with E-state index in [2.05, 4.69) is 40.3 Å². The molecule has 3 unspecified atom stereocenters. The van der Waals surface area contributed by atoms with Crippen molar-refractivity contribution in [1.29, 1.82) is 0 Å². The van der Waals surface area contributed by atoms with Crippen molar-refractivity contribution in [2.75, 3.05) is 11.5 Å². The molecule has 0 bridgehead atoms. The summed E-state index contributed by atoms with van der Waals surface area (Å²) in [6, 6.07) is 8.86. The van der Waals surface area contributed by atoms with E-state index in [9.17, 15) is 4.21 Å². The third-order valence-electron chi connectivity index (χ3n) is 2.92. The molecule has 1 aliphatic rings. The summed E-state index contributed by atoms with van der Waals surface area (Å²) in [5, 5.41) is 3.56. The molecule has 1 aromatic rings. The largest absolute Gasteiger partial charge is 0.305 e. The second-order valence-corrected chi connectivity index (χ2v) is 6.61. The van der Waals surface area contributed by atoms with Gasteiger partial charge in [-0.3, -0.25) is 4.21 Å². The molecule has 2 rings (SSSR count). The van der Waals surface area contributed by atoms with Crippen LogP contribution in [0.2, 0.25) is 0 Å². The van der Waals surface area contributed by atoms with Crippen LogP contribution in [0.1, 0.15) is 24.9 Å². The Morgan fingerprint density at radius 2 is 2.31 bits per heavy atom. The van der Waals surface area contributed by atoms with Gasteiger partial charge in [0.25, 0.3) is 0 Å². The van der Waals surface area contributed by atoms with Crippen molar-refractivity contribution in [3.63, 3.8) is 0 Å². The molecule has 3 atom stereocenters. The summed E-state index contributed by atoms with van der Waals surface area (Å²) in [6.45, 7) is 2.14. The Hall–Kier alpha value is -0.190. The molecule has 1 saturated heterocycles. The lowest BCUT2D eigenvalue weighted by Gasteiger charge is -2.30. The van der Waals surface area contributed by atoms with Crippen molar-refractivity contribution in [1.82, 2.24) is 5.32 Å². The molecule has 1 fully saturated rings. The quantitative estimate of drug-likeness (QED) is 0.910. The zero-order chi connectivity index (χ0) is 11.5. The van der Waals surface area contributed by atoms with E-state index in [1.807, 2.05) is 12.1 Å². The highest BCUT2D eigenvalue weighted by Crippen LogP contribution is 2.22. The van der Waals surface area contributed by atoms with E-state index < -0.39 is 10.8 Å². The highest BCUT2D eigenvalue weighted by Gasteiger charge is 2.25. The zero-order valence-electron chi connectivity index (χ0n) is 9.28. The monoisotopic (exact) mass is 301 g/mol. The van der Waals surface area contributed by atoms with E-state index in [0.29, 0.717) is 6.04 Å². The van der Waals surface area contributed by atoms with Gasteiger partial charge in [-0.1, -0.05) is 35.0 Å². The summed E-state index contributed by atoms with van der Waals surface area (Å²) in [5.74, 6) is 1.52. The standard InChI is InChI=1S/C12H16BrNOS/c1-2-11-7-16(15)8-12(14-11)9-4-3-5-10(13)6-9/h3-6,11-12,14H,2,7-8H2,1H3. The molecule has 0 amide bonds. The van der Waals surface area contributed by atoms with Gasteiger partial charge in [-0.15, -0.1) is 0 Å². The summed E-state index contributed by atoms with van der Waals surface area (Å²) in [7, 11) is -0.685. The van der Waals surface area contributed by atoms with Gasteiger partial charge >= 0.3 is 0 Å². The summed E-state index contributed by atoms with van der Waals surface area (Å²) in [5.41, 5.74) is 1.22. The third kappa shape index (κ3) is 2.93. The average Bonchev–Trinajstić information content (AvgIpc) is 2.28. The first-order chi connectivity index (χ1) is 7.69. The van der Waals surface area contributed by atoms with Crippen molar-refractivity contribution in [3.8, 4) is 0 Å². The predicted octanol–water partition coefficient (Wildman–Crippen LogP) is 2.62. The number of rotatable bonds is 2. The molecular formula is C12H16BrNOS. The van der Waals surface area contributed by atoms with Gasteiger partial charge in [-0.05, 0) is 24.1 Å². The molecule has 1 heterocycles.